The Bertz CT molecular complexity index is 1060. The van der Waals surface area contributed by atoms with Crippen molar-refractivity contribution in [2.45, 2.75) is 31.6 Å². The quantitative estimate of drug-likeness (QED) is 0.765. The van der Waals surface area contributed by atoms with E-state index in [2.05, 4.69) is 21.8 Å². The highest BCUT2D eigenvalue weighted by Gasteiger charge is 2.37. The van der Waals surface area contributed by atoms with Gasteiger partial charge in [-0.25, -0.2) is 10.7 Å². The van der Waals surface area contributed by atoms with E-state index < -0.39 is 6.04 Å². The zero-order valence-electron chi connectivity index (χ0n) is 16.5. The van der Waals surface area contributed by atoms with Crippen LogP contribution in [0.15, 0.2) is 47.6 Å². The van der Waals surface area contributed by atoms with Gasteiger partial charge >= 0.3 is 0 Å². The zero-order chi connectivity index (χ0) is 20.7. The number of ether oxygens (including phenoxy) is 2. The molecule has 1 saturated heterocycles. The summed E-state index contributed by atoms with van der Waals surface area (Å²) in [6.45, 7) is 2.19. The smallest absolute Gasteiger partial charge is 0.271 e. The number of amidine groups is 1. The number of nitrogens with one attached hydrogen (secondary N) is 2. The molecule has 0 spiro atoms. The molecule has 0 radical (unpaired) electrons. The summed E-state index contributed by atoms with van der Waals surface area (Å²) < 4.78 is 12.1. The topological polar surface area (TPSA) is 99.0 Å². The average Bonchev–Trinajstić information content (AvgIpc) is 2.73. The van der Waals surface area contributed by atoms with Gasteiger partial charge in [0.2, 0.25) is 0 Å². The largest absolute Gasteiger partial charge is 0.483 e. The number of hydrogen-bond acceptors (Lipinski definition) is 7. The van der Waals surface area contributed by atoms with Crippen molar-refractivity contribution in [3.63, 3.8) is 0 Å². The average molecular weight is 401 g/mol. The Morgan fingerprint density at radius 1 is 1.33 bits per heavy atom. The minimum atomic E-state index is -0.402. The molecule has 3 aliphatic rings. The second-order valence-electron chi connectivity index (χ2n) is 7.71. The molecule has 3 heterocycles. The maximum Gasteiger partial charge on any atom is 0.271 e. The number of benzene rings is 2. The predicted molar refractivity (Wildman–Crippen MR) is 114 cm³/mol. The van der Waals surface area contributed by atoms with E-state index in [-0.39, 0.29) is 25.3 Å². The lowest BCUT2D eigenvalue weighted by Gasteiger charge is -2.39. The van der Waals surface area contributed by atoms with Crippen LogP contribution in [-0.4, -0.2) is 37.1 Å². The van der Waals surface area contributed by atoms with Crippen LogP contribution in [0, 0.1) is 11.2 Å². The van der Waals surface area contributed by atoms with Crippen molar-refractivity contribution in [1.82, 2.24) is 5.43 Å². The van der Waals surface area contributed by atoms with E-state index in [0.29, 0.717) is 23.1 Å². The first-order chi connectivity index (χ1) is 14.6. The SMILES string of the molecule is CC1C(=O)NN=C2COc3cc(Oc4ccccc4)c(NC4CB(C#N)C4)cc3N21. The number of carbonyl (C=O) groups is 1. The number of nitriles is 1. The van der Waals surface area contributed by atoms with Crippen molar-refractivity contribution >= 4 is 29.8 Å². The number of nitrogens with zero attached hydrogens (tertiary/aromatic N) is 3. The summed E-state index contributed by atoms with van der Waals surface area (Å²) in [5.74, 6) is 4.79. The molecule has 2 aromatic carbocycles. The molecule has 9 heteroatoms. The van der Waals surface area contributed by atoms with Crippen molar-refractivity contribution in [1.29, 1.82) is 5.26 Å². The van der Waals surface area contributed by atoms with Gasteiger partial charge in [0.1, 0.15) is 24.1 Å². The molecule has 1 fully saturated rings. The number of hydrogen-bond donors (Lipinski definition) is 2. The fraction of sp³-hybridized carbons (Fsp3) is 0.286. The Hall–Kier alpha value is -3.67. The molecule has 1 atom stereocenters. The molecule has 0 bridgehead atoms. The molecule has 2 aromatic rings. The van der Waals surface area contributed by atoms with Crippen LogP contribution in [0.5, 0.6) is 17.2 Å². The second-order valence-corrected chi connectivity index (χ2v) is 7.71. The molecular formula is C21H20BN5O3. The van der Waals surface area contributed by atoms with E-state index in [9.17, 15) is 4.79 Å². The van der Waals surface area contributed by atoms with Crippen LogP contribution < -0.4 is 25.1 Å². The number of para-hydroxylation sites is 1. The van der Waals surface area contributed by atoms with Crippen LogP contribution in [0.25, 0.3) is 0 Å². The summed E-state index contributed by atoms with van der Waals surface area (Å²) in [6, 6.07) is 13.1. The van der Waals surface area contributed by atoms with Crippen LogP contribution >= 0.6 is 0 Å². The third kappa shape index (κ3) is 3.20. The van der Waals surface area contributed by atoms with Gasteiger partial charge in [-0.05, 0) is 37.8 Å². The van der Waals surface area contributed by atoms with Gasteiger partial charge in [0.05, 0.1) is 11.4 Å². The number of carbonyl (C=O) groups excluding carboxylic acids is 1. The Kier molecular flexibility index (Phi) is 4.47. The highest BCUT2D eigenvalue weighted by atomic mass is 16.5. The first kappa shape index (κ1) is 18.4. The summed E-state index contributed by atoms with van der Waals surface area (Å²) in [5, 5.41) is 16.7. The minimum Gasteiger partial charge on any atom is -0.483 e. The molecule has 1 unspecified atom stereocenters. The molecule has 0 aliphatic carbocycles. The predicted octanol–water partition coefficient (Wildman–Crippen LogP) is 2.86. The van der Waals surface area contributed by atoms with Gasteiger partial charge < -0.3 is 19.7 Å². The van der Waals surface area contributed by atoms with Gasteiger partial charge in [0.15, 0.2) is 11.6 Å². The molecule has 8 nitrogen and oxygen atoms in total. The number of rotatable bonds is 4. The number of fused-ring (bicyclic) bond motifs is 3. The van der Waals surface area contributed by atoms with Crippen molar-refractivity contribution in [2.75, 3.05) is 16.8 Å². The summed E-state index contributed by atoms with van der Waals surface area (Å²) >= 11 is 0. The maximum atomic E-state index is 12.2. The summed E-state index contributed by atoms with van der Waals surface area (Å²) in [6.07, 6.45) is 1.59. The standard InChI is InChI=1S/C21H20BN5O3/c1-13-21(28)26-25-20-11-29-19-8-18(30-15-5-3-2-4-6-15)16(7-17(19)27(13)20)24-14-9-22(10-14)12-23/h2-8,13-14,24H,9-11H2,1H3,(H,26,28). The molecule has 2 N–H and O–H groups in total. The molecular weight excluding hydrogens is 381 g/mol. The van der Waals surface area contributed by atoms with Gasteiger partial charge in [-0.15, -0.1) is 0 Å². The van der Waals surface area contributed by atoms with E-state index in [4.69, 9.17) is 14.7 Å². The Morgan fingerprint density at radius 3 is 2.90 bits per heavy atom. The minimum absolute atomic E-state index is 0.0894. The molecule has 0 aromatic heterocycles. The highest BCUT2D eigenvalue weighted by molar-refractivity contribution is 6.70. The van der Waals surface area contributed by atoms with Crippen LogP contribution in [-0.2, 0) is 4.79 Å². The van der Waals surface area contributed by atoms with Crippen LogP contribution in [0.4, 0.5) is 11.4 Å². The van der Waals surface area contributed by atoms with Gasteiger partial charge in [0, 0.05) is 18.1 Å². The van der Waals surface area contributed by atoms with Crippen molar-refractivity contribution in [3.8, 4) is 23.2 Å². The lowest BCUT2D eigenvalue weighted by Crippen LogP contribution is -2.55. The third-order valence-electron chi connectivity index (χ3n) is 5.67. The van der Waals surface area contributed by atoms with Crippen LogP contribution in [0.1, 0.15) is 6.92 Å². The van der Waals surface area contributed by atoms with E-state index in [1.165, 1.54) is 0 Å². The fourth-order valence-corrected chi connectivity index (χ4v) is 3.93. The summed E-state index contributed by atoms with van der Waals surface area (Å²) in [4.78, 5) is 14.1. The van der Waals surface area contributed by atoms with Gasteiger partial charge in [-0.2, -0.15) is 5.10 Å². The fourth-order valence-electron chi connectivity index (χ4n) is 3.93. The van der Waals surface area contributed by atoms with Gasteiger partial charge in [0.25, 0.3) is 12.6 Å². The van der Waals surface area contributed by atoms with Gasteiger partial charge in [-0.1, -0.05) is 18.2 Å². The van der Waals surface area contributed by atoms with Gasteiger partial charge in [-0.3, -0.25) is 4.79 Å². The number of amides is 1. The molecule has 0 saturated carbocycles. The zero-order valence-corrected chi connectivity index (χ0v) is 16.5. The van der Waals surface area contributed by atoms with Crippen LogP contribution in [0.2, 0.25) is 12.6 Å². The Morgan fingerprint density at radius 2 is 2.13 bits per heavy atom. The summed E-state index contributed by atoms with van der Waals surface area (Å²) in [5.41, 5.74) is 4.10. The normalized spacial score (nSPS) is 19.9. The maximum absolute atomic E-state index is 12.2. The highest BCUT2D eigenvalue weighted by Crippen LogP contribution is 2.44. The summed E-state index contributed by atoms with van der Waals surface area (Å²) in [7, 11) is 0. The third-order valence-corrected chi connectivity index (χ3v) is 5.67. The first-order valence-corrected chi connectivity index (χ1v) is 9.98. The van der Waals surface area contributed by atoms with Crippen LogP contribution in [0.3, 0.4) is 0 Å². The molecule has 3 aliphatic heterocycles. The molecule has 1 amide bonds. The molecule has 150 valence electrons. The molecule has 5 rings (SSSR count). The Labute approximate surface area is 174 Å². The van der Waals surface area contributed by atoms with E-state index in [0.717, 1.165) is 24.0 Å². The lowest BCUT2D eigenvalue weighted by molar-refractivity contribution is -0.122. The van der Waals surface area contributed by atoms with E-state index in [1.807, 2.05) is 54.3 Å². The second kappa shape index (κ2) is 7.30. The number of anilines is 2. The lowest BCUT2D eigenvalue weighted by atomic mass is 9.34. The van der Waals surface area contributed by atoms with Crippen molar-refractivity contribution in [3.05, 3.63) is 42.5 Å². The van der Waals surface area contributed by atoms with Crippen molar-refractivity contribution in [2.24, 2.45) is 5.10 Å². The van der Waals surface area contributed by atoms with E-state index >= 15 is 0 Å². The number of hydrazone groups is 1. The first-order valence-electron chi connectivity index (χ1n) is 9.98. The monoisotopic (exact) mass is 401 g/mol. The Balaban J connectivity index is 1.53. The molecule has 30 heavy (non-hydrogen) atoms. The van der Waals surface area contributed by atoms with Crippen molar-refractivity contribution < 1.29 is 14.3 Å². The van der Waals surface area contributed by atoms with E-state index in [1.54, 1.807) is 0 Å².